The molecule has 1 aromatic heterocycles. The Morgan fingerprint density at radius 3 is 2.41 bits per heavy atom. The largest absolute Gasteiger partial charge is 0.508 e. The molecular formula is C27H24ClFN2O3. The Morgan fingerprint density at radius 2 is 1.71 bits per heavy atom. The molecule has 0 amide bonds. The fourth-order valence-electron chi connectivity index (χ4n) is 4.16. The Kier molecular flexibility index (Phi) is 6.52. The summed E-state index contributed by atoms with van der Waals surface area (Å²) in [7, 11) is 0. The van der Waals surface area contributed by atoms with Crippen LogP contribution in [0.5, 0.6) is 11.5 Å². The van der Waals surface area contributed by atoms with Gasteiger partial charge in [0.05, 0.1) is 17.3 Å². The van der Waals surface area contributed by atoms with Crippen LogP contribution >= 0.6 is 11.6 Å². The molecule has 7 heteroatoms. The van der Waals surface area contributed by atoms with Gasteiger partial charge in [0.1, 0.15) is 23.3 Å². The minimum Gasteiger partial charge on any atom is -0.508 e. The van der Waals surface area contributed by atoms with E-state index in [1.54, 1.807) is 24.3 Å². The zero-order valence-electron chi connectivity index (χ0n) is 18.5. The van der Waals surface area contributed by atoms with Crippen molar-refractivity contribution in [2.75, 3.05) is 26.3 Å². The third kappa shape index (κ3) is 4.65. The van der Waals surface area contributed by atoms with Gasteiger partial charge in [-0.3, -0.25) is 9.29 Å². The van der Waals surface area contributed by atoms with Gasteiger partial charge in [0.15, 0.2) is 5.76 Å². The summed E-state index contributed by atoms with van der Waals surface area (Å²) in [5, 5.41) is 14.6. The van der Waals surface area contributed by atoms with Gasteiger partial charge in [-0.15, -0.1) is 0 Å². The van der Waals surface area contributed by atoms with Crippen molar-refractivity contribution in [1.29, 1.82) is 0 Å². The highest BCUT2D eigenvalue weighted by Gasteiger charge is 2.28. The third-order valence-electron chi connectivity index (χ3n) is 5.93. The van der Waals surface area contributed by atoms with E-state index in [2.05, 4.69) is 10.1 Å². The smallest absolute Gasteiger partial charge is 0.175 e. The predicted molar refractivity (Wildman–Crippen MR) is 131 cm³/mol. The first-order valence-electron chi connectivity index (χ1n) is 11.2. The number of hydrogen-bond donors (Lipinski definition) is 1. The number of likely N-dealkylation sites (tertiary alicyclic amines) is 1. The minimum absolute atomic E-state index is 0.118. The number of ether oxygens (including phenoxy) is 1. The number of nitrogens with zero attached hydrogens (tertiary/aromatic N) is 2. The number of phenolic OH excluding ortho intramolecular Hbond substituents is 1. The fraction of sp³-hybridized carbons (Fsp3) is 0.222. The van der Waals surface area contributed by atoms with Gasteiger partial charge in [-0.1, -0.05) is 47.1 Å². The molecule has 1 saturated heterocycles. The summed E-state index contributed by atoms with van der Waals surface area (Å²) in [5.74, 6) is 1.55. The molecule has 5 rings (SSSR count). The number of halogens is 2. The topological polar surface area (TPSA) is 58.7 Å². The van der Waals surface area contributed by atoms with Crippen LogP contribution in [-0.2, 0) is 0 Å². The van der Waals surface area contributed by atoms with Crippen LogP contribution in [0.2, 0.25) is 5.02 Å². The lowest BCUT2D eigenvalue weighted by molar-refractivity contribution is 0.0184. The summed E-state index contributed by atoms with van der Waals surface area (Å²) in [6.45, 7) is 2.12. The lowest BCUT2D eigenvalue weighted by atomic mass is 9.96. The van der Waals surface area contributed by atoms with Crippen LogP contribution in [0, 0.1) is 0 Å². The molecule has 34 heavy (non-hydrogen) atoms. The summed E-state index contributed by atoms with van der Waals surface area (Å²) in [6, 6.07) is 22.1. The minimum atomic E-state index is -0.283. The van der Waals surface area contributed by atoms with Crippen molar-refractivity contribution in [2.45, 2.75) is 12.5 Å². The Hall–Kier alpha value is -3.35. The van der Waals surface area contributed by atoms with Crippen molar-refractivity contribution in [3.05, 3.63) is 77.8 Å². The molecule has 4 aromatic rings. The van der Waals surface area contributed by atoms with Gasteiger partial charge in [0, 0.05) is 30.8 Å². The Balaban J connectivity index is 1.44. The highest BCUT2D eigenvalue weighted by Crippen LogP contribution is 2.42. The second-order valence-corrected chi connectivity index (χ2v) is 8.74. The molecule has 0 saturated carbocycles. The van der Waals surface area contributed by atoms with Crippen molar-refractivity contribution in [3.8, 4) is 45.2 Å². The fourth-order valence-corrected chi connectivity index (χ4v) is 4.39. The molecular weight excluding hydrogens is 455 g/mol. The first kappa shape index (κ1) is 22.4. The molecule has 1 aliphatic heterocycles. The SMILES string of the molecule is Oc1ccc(-c2onc(-c3ccccc3Cl)c2-c2ccc(OC3CN(CCCF)C3)cc2)cc1. The van der Waals surface area contributed by atoms with E-state index in [9.17, 15) is 9.50 Å². The Labute approximate surface area is 202 Å². The first-order valence-corrected chi connectivity index (χ1v) is 11.6. The molecule has 0 spiro atoms. The standard InChI is InChI=1S/C27H24ClFN2O3/c28-24-5-2-1-4-23(24)26-25(27(34-30-26)19-6-10-20(32)11-7-19)18-8-12-21(13-9-18)33-22-16-31(17-22)15-3-14-29/h1-2,4-13,22,32H,3,14-17H2. The van der Waals surface area contributed by atoms with Crippen molar-refractivity contribution in [2.24, 2.45) is 0 Å². The van der Waals surface area contributed by atoms with Gasteiger partial charge in [-0.25, -0.2) is 0 Å². The van der Waals surface area contributed by atoms with Crippen LogP contribution in [0.3, 0.4) is 0 Å². The van der Waals surface area contributed by atoms with E-state index in [4.69, 9.17) is 20.9 Å². The van der Waals surface area contributed by atoms with Gasteiger partial charge >= 0.3 is 0 Å². The average molecular weight is 479 g/mol. The van der Waals surface area contributed by atoms with Gasteiger partial charge in [-0.2, -0.15) is 0 Å². The van der Waals surface area contributed by atoms with Crippen molar-refractivity contribution >= 4 is 11.6 Å². The van der Waals surface area contributed by atoms with Crippen molar-refractivity contribution < 1.29 is 18.8 Å². The molecule has 0 aliphatic carbocycles. The number of aromatic hydroxyl groups is 1. The van der Waals surface area contributed by atoms with Crippen molar-refractivity contribution in [1.82, 2.24) is 10.1 Å². The summed E-state index contributed by atoms with van der Waals surface area (Å²) < 4.78 is 24.2. The molecule has 3 aromatic carbocycles. The lowest BCUT2D eigenvalue weighted by Crippen LogP contribution is -2.53. The van der Waals surface area contributed by atoms with Gasteiger partial charge in [-0.05, 0) is 54.4 Å². The van der Waals surface area contributed by atoms with E-state index >= 15 is 0 Å². The highest BCUT2D eigenvalue weighted by molar-refractivity contribution is 6.33. The molecule has 1 N–H and O–H groups in total. The molecule has 174 valence electrons. The normalized spacial score (nSPS) is 14.2. The summed E-state index contributed by atoms with van der Waals surface area (Å²) >= 11 is 6.48. The average Bonchev–Trinajstić information content (AvgIpc) is 3.26. The highest BCUT2D eigenvalue weighted by atomic mass is 35.5. The van der Waals surface area contributed by atoms with Gasteiger partial charge in [0.25, 0.3) is 0 Å². The Bertz CT molecular complexity index is 1250. The van der Waals surface area contributed by atoms with E-state index in [-0.39, 0.29) is 18.5 Å². The summed E-state index contributed by atoms with van der Waals surface area (Å²) in [6.07, 6.45) is 0.685. The molecule has 1 aliphatic rings. The van der Waals surface area contributed by atoms with E-state index in [0.717, 1.165) is 47.6 Å². The third-order valence-corrected chi connectivity index (χ3v) is 6.26. The van der Waals surface area contributed by atoms with Crippen LogP contribution in [0.25, 0.3) is 33.7 Å². The van der Waals surface area contributed by atoms with E-state index in [1.165, 1.54) is 0 Å². The van der Waals surface area contributed by atoms with E-state index in [1.807, 2.05) is 48.5 Å². The second kappa shape index (κ2) is 9.87. The predicted octanol–water partition coefficient (Wildman–Crippen LogP) is 6.46. The molecule has 0 atom stereocenters. The summed E-state index contributed by atoms with van der Waals surface area (Å²) in [4.78, 5) is 2.19. The quantitative estimate of drug-likeness (QED) is 0.315. The number of rotatable bonds is 8. The number of phenols is 1. The van der Waals surface area contributed by atoms with Crippen LogP contribution < -0.4 is 4.74 Å². The van der Waals surface area contributed by atoms with Gasteiger partial charge in [0.2, 0.25) is 0 Å². The molecule has 0 bridgehead atoms. The molecule has 0 radical (unpaired) electrons. The number of benzene rings is 3. The zero-order chi connectivity index (χ0) is 23.5. The maximum absolute atomic E-state index is 12.3. The van der Waals surface area contributed by atoms with E-state index in [0.29, 0.717) is 22.9 Å². The maximum atomic E-state index is 12.3. The van der Waals surface area contributed by atoms with Crippen LogP contribution in [0.1, 0.15) is 6.42 Å². The van der Waals surface area contributed by atoms with Crippen LogP contribution in [0.15, 0.2) is 77.3 Å². The maximum Gasteiger partial charge on any atom is 0.175 e. The first-order chi connectivity index (χ1) is 16.6. The zero-order valence-corrected chi connectivity index (χ0v) is 19.2. The summed E-state index contributed by atoms with van der Waals surface area (Å²) in [5.41, 5.74) is 3.93. The monoisotopic (exact) mass is 478 g/mol. The molecule has 5 nitrogen and oxygen atoms in total. The molecule has 0 unspecified atom stereocenters. The number of alkyl halides is 1. The Morgan fingerprint density at radius 1 is 1.00 bits per heavy atom. The van der Waals surface area contributed by atoms with Crippen molar-refractivity contribution in [3.63, 3.8) is 0 Å². The number of aromatic nitrogens is 1. The lowest BCUT2D eigenvalue weighted by Gasteiger charge is -2.38. The molecule has 1 fully saturated rings. The molecule has 2 heterocycles. The van der Waals surface area contributed by atoms with E-state index < -0.39 is 0 Å². The van der Waals surface area contributed by atoms with Crippen LogP contribution in [-0.4, -0.2) is 47.6 Å². The second-order valence-electron chi connectivity index (χ2n) is 8.33. The number of hydrogen-bond acceptors (Lipinski definition) is 5. The van der Waals surface area contributed by atoms with Crippen LogP contribution in [0.4, 0.5) is 4.39 Å². The van der Waals surface area contributed by atoms with Gasteiger partial charge < -0.3 is 14.4 Å².